The van der Waals surface area contributed by atoms with E-state index >= 15 is 0 Å². The quantitative estimate of drug-likeness (QED) is 0.879. The number of aryl methyl sites for hydroxylation is 1. The Kier molecular flexibility index (Phi) is 4.94. The van der Waals surface area contributed by atoms with E-state index in [-0.39, 0.29) is 6.04 Å². The SMILES string of the molecule is CCc1ccccc1NC(=O)C(=O)N1CCCC1c1ccccc1. The first kappa shape index (κ1) is 16.2. The summed E-state index contributed by atoms with van der Waals surface area (Å²) in [5.41, 5.74) is 2.83. The fraction of sp³-hybridized carbons (Fsp3) is 0.300. The minimum absolute atomic E-state index is 0.00845. The number of hydrogen-bond acceptors (Lipinski definition) is 2. The Morgan fingerprint density at radius 3 is 2.54 bits per heavy atom. The lowest BCUT2D eigenvalue weighted by atomic mass is 10.0. The van der Waals surface area contributed by atoms with Crippen LogP contribution in [0.5, 0.6) is 0 Å². The molecule has 0 spiro atoms. The van der Waals surface area contributed by atoms with Crippen LogP contribution < -0.4 is 5.32 Å². The molecular formula is C20H22N2O2. The minimum atomic E-state index is -0.557. The summed E-state index contributed by atoms with van der Waals surface area (Å²) >= 11 is 0. The van der Waals surface area contributed by atoms with Crippen molar-refractivity contribution in [3.05, 3.63) is 65.7 Å². The van der Waals surface area contributed by atoms with Gasteiger partial charge in [0, 0.05) is 12.2 Å². The molecule has 0 bridgehead atoms. The number of carbonyl (C=O) groups excluding carboxylic acids is 2. The zero-order valence-electron chi connectivity index (χ0n) is 13.9. The number of para-hydroxylation sites is 1. The van der Waals surface area contributed by atoms with Gasteiger partial charge in [-0.2, -0.15) is 0 Å². The molecule has 1 unspecified atom stereocenters. The summed E-state index contributed by atoms with van der Waals surface area (Å²) in [5.74, 6) is -1.01. The molecule has 0 radical (unpaired) electrons. The molecule has 24 heavy (non-hydrogen) atoms. The van der Waals surface area contributed by atoms with Crippen LogP contribution in [0.1, 0.15) is 36.9 Å². The van der Waals surface area contributed by atoms with Crippen molar-refractivity contribution >= 4 is 17.5 Å². The Morgan fingerprint density at radius 2 is 1.79 bits per heavy atom. The highest BCUT2D eigenvalue weighted by Crippen LogP contribution is 2.31. The van der Waals surface area contributed by atoms with Gasteiger partial charge in [0.05, 0.1) is 6.04 Å². The molecule has 2 aromatic carbocycles. The summed E-state index contributed by atoms with van der Waals surface area (Å²) < 4.78 is 0. The average molecular weight is 322 g/mol. The molecule has 1 saturated heterocycles. The molecule has 1 fully saturated rings. The topological polar surface area (TPSA) is 49.4 Å². The third-order valence-corrected chi connectivity index (χ3v) is 4.54. The van der Waals surface area contributed by atoms with Crippen molar-refractivity contribution in [2.24, 2.45) is 0 Å². The maximum atomic E-state index is 12.6. The van der Waals surface area contributed by atoms with Crippen LogP contribution in [0.3, 0.4) is 0 Å². The highest BCUT2D eigenvalue weighted by atomic mass is 16.2. The van der Waals surface area contributed by atoms with E-state index in [1.165, 1.54) is 0 Å². The predicted octanol–water partition coefficient (Wildman–Crippen LogP) is 3.55. The van der Waals surface area contributed by atoms with E-state index < -0.39 is 11.8 Å². The third kappa shape index (κ3) is 3.32. The standard InChI is InChI=1S/C20H22N2O2/c1-2-15-9-6-7-12-17(15)21-19(23)20(24)22-14-8-13-18(22)16-10-4-3-5-11-16/h3-7,9-12,18H,2,8,13-14H2,1H3,(H,21,23). The van der Waals surface area contributed by atoms with Crippen molar-refractivity contribution in [2.75, 3.05) is 11.9 Å². The summed E-state index contributed by atoms with van der Waals surface area (Å²) in [6.07, 6.45) is 2.62. The van der Waals surface area contributed by atoms with E-state index in [1.807, 2.05) is 61.5 Å². The number of likely N-dealkylation sites (tertiary alicyclic amines) is 1. The van der Waals surface area contributed by atoms with Crippen LogP contribution in [0.2, 0.25) is 0 Å². The largest absolute Gasteiger partial charge is 0.327 e. The number of carbonyl (C=O) groups is 2. The maximum absolute atomic E-state index is 12.6. The van der Waals surface area contributed by atoms with Crippen molar-refractivity contribution in [3.63, 3.8) is 0 Å². The Hall–Kier alpha value is -2.62. The molecule has 1 aliphatic heterocycles. The fourth-order valence-electron chi connectivity index (χ4n) is 3.29. The van der Waals surface area contributed by atoms with E-state index in [2.05, 4.69) is 5.32 Å². The van der Waals surface area contributed by atoms with Gasteiger partial charge in [0.2, 0.25) is 0 Å². The summed E-state index contributed by atoms with van der Waals surface area (Å²) in [7, 11) is 0. The lowest BCUT2D eigenvalue weighted by molar-refractivity contribution is -0.143. The van der Waals surface area contributed by atoms with Crippen LogP contribution in [0, 0.1) is 0 Å². The van der Waals surface area contributed by atoms with E-state index in [0.717, 1.165) is 30.4 Å². The van der Waals surface area contributed by atoms with E-state index in [1.54, 1.807) is 4.90 Å². The molecule has 1 atom stereocenters. The van der Waals surface area contributed by atoms with Gasteiger partial charge in [-0.3, -0.25) is 9.59 Å². The molecule has 0 aromatic heterocycles. The number of benzene rings is 2. The lowest BCUT2D eigenvalue weighted by Crippen LogP contribution is -2.39. The second-order valence-electron chi connectivity index (χ2n) is 6.03. The van der Waals surface area contributed by atoms with Gasteiger partial charge in [-0.1, -0.05) is 55.5 Å². The zero-order valence-corrected chi connectivity index (χ0v) is 13.9. The Balaban J connectivity index is 1.74. The average Bonchev–Trinajstić information content (AvgIpc) is 3.12. The van der Waals surface area contributed by atoms with Crippen LogP contribution in [0.4, 0.5) is 5.69 Å². The smallest absolute Gasteiger partial charge is 0.313 e. The molecule has 1 aliphatic rings. The van der Waals surface area contributed by atoms with Gasteiger partial charge in [-0.05, 0) is 36.5 Å². The van der Waals surface area contributed by atoms with Crippen molar-refractivity contribution < 1.29 is 9.59 Å². The minimum Gasteiger partial charge on any atom is -0.327 e. The maximum Gasteiger partial charge on any atom is 0.313 e. The molecule has 4 heteroatoms. The predicted molar refractivity (Wildman–Crippen MR) is 94.6 cm³/mol. The Bertz CT molecular complexity index is 727. The second-order valence-corrected chi connectivity index (χ2v) is 6.03. The number of nitrogens with zero attached hydrogens (tertiary/aromatic N) is 1. The molecule has 1 N–H and O–H groups in total. The second kappa shape index (κ2) is 7.30. The molecule has 124 valence electrons. The van der Waals surface area contributed by atoms with Gasteiger partial charge in [-0.25, -0.2) is 0 Å². The monoisotopic (exact) mass is 322 g/mol. The first-order chi connectivity index (χ1) is 11.7. The Labute approximate surface area is 142 Å². The lowest BCUT2D eigenvalue weighted by Gasteiger charge is -2.24. The molecule has 3 rings (SSSR count). The van der Waals surface area contributed by atoms with Crippen molar-refractivity contribution in [2.45, 2.75) is 32.2 Å². The molecule has 0 aliphatic carbocycles. The number of rotatable bonds is 3. The van der Waals surface area contributed by atoms with Gasteiger partial charge in [0.15, 0.2) is 0 Å². The summed E-state index contributed by atoms with van der Waals surface area (Å²) in [6, 6.07) is 17.5. The van der Waals surface area contributed by atoms with Gasteiger partial charge in [0.25, 0.3) is 0 Å². The van der Waals surface area contributed by atoms with Crippen molar-refractivity contribution in [1.29, 1.82) is 0 Å². The summed E-state index contributed by atoms with van der Waals surface area (Å²) in [4.78, 5) is 26.8. The molecule has 4 nitrogen and oxygen atoms in total. The van der Waals surface area contributed by atoms with Gasteiger partial charge in [0.1, 0.15) is 0 Å². The summed E-state index contributed by atoms with van der Waals surface area (Å²) in [5, 5.41) is 2.78. The van der Waals surface area contributed by atoms with Crippen molar-refractivity contribution in [1.82, 2.24) is 4.90 Å². The van der Waals surface area contributed by atoms with E-state index in [0.29, 0.717) is 12.2 Å². The van der Waals surface area contributed by atoms with Crippen molar-refractivity contribution in [3.8, 4) is 0 Å². The third-order valence-electron chi connectivity index (χ3n) is 4.54. The molecule has 1 heterocycles. The fourth-order valence-corrected chi connectivity index (χ4v) is 3.29. The van der Waals surface area contributed by atoms with Crippen LogP contribution in [-0.2, 0) is 16.0 Å². The van der Waals surface area contributed by atoms with Gasteiger partial charge >= 0.3 is 11.8 Å². The first-order valence-corrected chi connectivity index (χ1v) is 8.45. The molecule has 0 saturated carbocycles. The van der Waals surface area contributed by atoms with Gasteiger partial charge < -0.3 is 10.2 Å². The highest BCUT2D eigenvalue weighted by Gasteiger charge is 2.33. The molecular weight excluding hydrogens is 300 g/mol. The van der Waals surface area contributed by atoms with Crippen LogP contribution in [0.25, 0.3) is 0 Å². The van der Waals surface area contributed by atoms with E-state index in [4.69, 9.17) is 0 Å². The molecule has 2 amide bonds. The molecule has 2 aromatic rings. The van der Waals surface area contributed by atoms with Crippen LogP contribution >= 0.6 is 0 Å². The van der Waals surface area contributed by atoms with Crippen LogP contribution in [-0.4, -0.2) is 23.3 Å². The number of amides is 2. The normalized spacial score (nSPS) is 16.9. The van der Waals surface area contributed by atoms with Crippen LogP contribution in [0.15, 0.2) is 54.6 Å². The highest BCUT2D eigenvalue weighted by molar-refractivity contribution is 6.39. The first-order valence-electron chi connectivity index (χ1n) is 8.45. The number of anilines is 1. The number of hydrogen-bond donors (Lipinski definition) is 1. The Morgan fingerprint density at radius 1 is 1.08 bits per heavy atom. The number of nitrogens with one attached hydrogen (secondary N) is 1. The van der Waals surface area contributed by atoms with E-state index in [9.17, 15) is 9.59 Å². The summed E-state index contributed by atoms with van der Waals surface area (Å²) in [6.45, 7) is 2.65. The van der Waals surface area contributed by atoms with Gasteiger partial charge in [-0.15, -0.1) is 0 Å². The zero-order chi connectivity index (χ0) is 16.9.